The summed E-state index contributed by atoms with van der Waals surface area (Å²) in [7, 11) is 0. The summed E-state index contributed by atoms with van der Waals surface area (Å²) in [6.45, 7) is 0. The third kappa shape index (κ3) is 6.01. The summed E-state index contributed by atoms with van der Waals surface area (Å²) in [5, 5.41) is 8.89. The number of carbonyl (C=O) groups excluding carboxylic acids is 2. The van der Waals surface area contributed by atoms with Gasteiger partial charge in [-0.3, -0.25) is 9.59 Å². The average molecular weight is 439 g/mol. The van der Waals surface area contributed by atoms with Crippen LogP contribution < -0.4 is 10.9 Å². The van der Waals surface area contributed by atoms with E-state index < -0.39 is 0 Å². The van der Waals surface area contributed by atoms with Gasteiger partial charge >= 0.3 is 0 Å². The average Bonchev–Trinajstić information content (AvgIpc) is 2.74. The summed E-state index contributed by atoms with van der Waals surface area (Å²) in [4.78, 5) is 24.2. The molecule has 0 aliphatic carbocycles. The molecule has 6 nitrogen and oxygen atoms in total. The van der Waals surface area contributed by atoms with E-state index in [1.165, 1.54) is 12.4 Å². The fraction of sp³-hybridized carbons (Fsp3) is 0. The minimum Gasteiger partial charge on any atom is -0.267 e. The van der Waals surface area contributed by atoms with Crippen LogP contribution in [0.15, 0.2) is 83.0 Å². The lowest BCUT2D eigenvalue weighted by Crippen LogP contribution is -2.18. The maximum absolute atomic E-state index is 12.1. The molecule has 8 heteroatoms. The predicted octanol–water partition coefficient (Wildman–Crippen LogP) is 4.52. The second kappa shape index (κ2) is 10.3. The third-order valence-corrected chi connectivity index (χ3v) is 4.38. The standard InChI is InChI=1S/C22H16Cl2N4O2/c23-19-9-3-7-15(11-19)21(29)27-25-13-17-5-1-2-6-18(17)14-26-28-22(30)16-8-4-10-20(24)12-16/h1-14H,(H,27,29)(H,28,30)/b25-13+,26-14+. The summed E-state index contributed by atoms with van der Waals surface area (Å²) in [6.07, 6.45) is 2.98. The molecule has 3 rings (SSSR count). The van der Waals surface area contributed by atoms with Crippen molar-refractivity contribution in [2.45, 2.75) is 0 Å². The van der Waals surface area contributed by atoms with Crippen molar-refractivity contribution < 1.29 is 9.59 Å². The van der Waals surface area contributed by atoms with Crippen molar-refractivity contribution in [1.29, 1.82) is 0 Å². The quantitative estimate of drug-likeness (QED) is 0.437. The fourth-order valence-corrected chi connectivity index (χ4v) is 2.84. The van der Waals surface area contributed by atoms with Crippen molar-refractivity contribution in [1.82, 2.24) is 10.9 Å². The largest absolute Gasteiger partial charge is 0.271 e. The zero-order valence-corrected chi connectivity index (χ0v) is 17.1. The lowest BCUT2D eigenvalue weighted by molar-refractivity contribution is 0.0947. The maximum atomic E-state index is 12.1. The number of nitrogens with zero attached hydrogens (tertiary/aromatic N) is 2. The predicted molar refractivity (Wildman–Crippen MR) is 119 cm³/mol. The molecule has 0 spiro atoms. The van der Waals surface area contributed by atoms with Crippen molar-refractivity contribution in [3.05, 3.63) is 105 Å². The Bertz CT molecular complexity index is 1040. The van der Waals surface area contributed by atoms with Gasteiger partial charge in [-0.15, -0.1) is 0 Å². The van der Waals surface area contributed by atoms with Gasteiger partial charge in [0.05, 0.1) is 12.4 Å². The summed E-state index contributed by atoms with van der Waals surface area (Å²) >= 11 is 11.8. The lowest BCUT2D eigenvalue weighted by Gasteiger charge is -2.03. The highest BCUT2D eigenvalue weighted by atomic mass is 35.5. The van der Waals surface area contributed by atoms with E-state index in [1.54, 1.807) is 60.7 Å². The third-order valence-electron chi connectivity index (χ3n) is 3.91. The molecular weight excluding hydrogens is 423 g/mol. The van der Waals surface area contributed by atoms with Gasteiger partial charge in [-0.25, -0.2) is 10.9 Å². The molecule has 0 saturated heterocycles. The highest BCUT2D eigenvalue weighted by Crippen LogP contribution is 2.11. The molecule has 0 radical (unpaired) electrons. The van der Waals surface area contributed by atoms with Gasteiger partial charge in [-0.05, 0) is 36.4 Å². The molecule has 2 N–H and O–H groups in total. The van der Waals surface area contributed by atoms with Gasteiger partial charge in [-0.1, -0.05) is 59.6 Å². The Labute approximate surface area is 183 Å². The first-order valence-corrected chi connectivity index (χ1v) is 9.55. The van der Waals surface area contributed by atoms with Crippen LogP contribution in [-0.2, 0) is 0 Å². The maximum Gasteiger partial charge on any atom is 0.271 e. The summed E-state index contributed by atoms with van der Waals surface area (Å²) < 4.78 is 0. The highest BCUT2D eigenvalue weighted by Gasteiger charge is 2.05. The first-order valence-electron chi connectivity index (χ1n) is 8.80. The van der Waals surface area contributed by atoms with Crippen LogP contribution in [0.2, 0.25) is 10.0 Å². The van der Waals surface area contributed by atoms with Crippen LogP contribution in [0, 0.1) is 0 Å². The van der Waals surface area contributed by atoms with Crippen LogP contribution in [0.25, 0.3) is 0 Å². The van der Waals surface area contributed by atoms with E-state index >= 15 is 0 Å². The second-order valence-electron chi connectivity index (χ2n) is 6.05. The molecule has 3 aromatic carbocycles. The Balaban J connectivity index is 1.64. The van der Waals surface area contributed by atoms with Crippen molar-refractivity contribution in [2.75, 3.05) is 0 Å². The van der Waals surface area contributed by atoms with E-state index in [-0.39, 0.29) is 11.8 Å². The van der Waals surface area contributed by atoms with E-state index in [2.05, 4.69) is 21.1 Å². The minimum absolute atomic E-state index is 0.381. The Morgan fingerprint density at radius 2 is 1.10 bits per heavy atom. The molecule has 0 bridgehead atoms. The number of hydrogen-bond donors (Lipinski definition) is 2. The van der Waals surface area contributed by atoms with Crippen molar-refractivity contribution in [3.8, 4) is 0 Å². The number of hydrogen-bond acceptors (Lipinski definition) is 4. The Morgan fingerprint density at radius 1 is 0.667 bits per heavy atom. The van der Waals surface area contributed by atoms with Crippen molar-refractivity contribution in [3.63, 3.8) is 0 Å². The molecule has 0 aliphatic rings. The molecule has 150 valence electrons. The van der Waals surface area contributed by atoms with Gasteiger partial charge in [-0.2, -0.15) is 10.2 Å². The van der Waals surface area contributed by atoms with Crippen molar-refractivity contribution in [2.24, 2.45) is 10.2 Å². The van der Waals surface area contributed by atoms with Gasteiger partial charge in [0, 0.05) is 32.3 Å². The molecule has 3 aromatic rings. The monoisotopic (exact) mass is 438 g/mol. The van der Waals surface area contributed by atoms with E-state index in [9.17, 15) is 9.59 Å². The molecule has 0 fully saturated rings. The van der Waals surface area contributed by atoms with Gasteiger partial charge in [0.25, 0.3) is 11.8 Å². The summed E-state index contributed by atoms with van der Waals surface area (Å²) in [5.41, 5.74) is 7.10. The van der Waals surface area contributed by atoms with E-state index in [1.807, 2.05) is 12.1 Å². The molecular formula is C22H16Cl2N4O2. The molecule has 0 saturated carbocycles. The molecule has 0 atom stereocenters. The molecule has 0 unspecified atom stereocenters. The Morgan fingerprint density at radius 3 is 1.50 bits per heavy atom. The Kier molecular flexibility index (Phi) is 7.32. The van der Waals surface area contributed by atoms with Crippen molar-refractivity contribution >= 4 is 47.4 Å². The van der Waals surface area contributed by atoms with Crippen LogP contribution in [0.3, 0.4) is 0 Å². The van der Waals surface area contributed by atoms with Gasteiger partial charge in [0.2, 0.25) is 0 Å². The summed E-state index contributed by atoms with van der Waals surface area (Å²) in [6, 6.07) is 20.4. The lowest BCUT2D eigenvalue weighted by atomic mass is 10.1. The molecule has 0 aliphatic heterocycles. The smallest absolute Gasteiger partial charge is 0.267 e. The number of nitrogens with one attached hydrogen (secondary N) is 2. The van der Waals surface area contributed by atoms with Crippen LogP contribution in [0.1, 0.15) is 31.8 Å². The second-order valence-corrected chi connectivity index (χ2v) is 6.92. The number of amides is 2. The zero-order chi connectivity index (χ0) is 21.3. The van der Waals surface area contributed by atoms with Crippen LogP contribution in [0.5, 0.6) is 0 Å². The zero-order valence-electron chi connectivity index (χ0n) is 15.5. The molecule has 30 heavy (non-hydrogen) atoms. The van der Waals surface area contributed by atoms with Gasteiger partial charge in [0.1, 0.15) is 0 Å². The van der Waals surface area contributed by atoms with Crippen LogP contribution in [0.4, 0.5) is 0 Å². The first-order chi connectivity index (χ1) is 14.5. The molecule has 0 aromatic heterocycles. The molecule has 0 heterocycles. The number of halogens is 2. The summed E-state index contributed by atoms with van der Waals surface area (Å²) in [5.74, 6) is -0.762. The Hall–Kier alpha value is -3.48. The number of rotatable bonds is 6. The van der Waals surface area contributed by atoms with Crippen LogP contribution >= 0.6 is 23.2 Å². The van der Waals surface area contributed by atoms with E-state index in [0.29, 0.717) is 32.3 Å². The van der Waals surface area contributed by atoms with E-state index in [4.69, 9.17) is 23.2 Å². The van der Waals surface area contributed by atoms with E-state index in [0.717, 1.165) is 0 Å². The number of hydrazone groups is 2. The first kappa shape index (κ1) is 21.2. The number of carbonyl (C=O) groups is 2. The minimum atomic E-state index is -0.381. The highest BCUT2D eigenvalue weighted by molar-refractivity contribution is 6.31. The van der Waals surface area contributed by atoms with Gasteiger partial charge in [0.15, 0.2) is 0 Å². The SMILES string of the molecule is O=C(N/N=C/c1ccccc1/C=N/NC(=O)c1cccc(Cl)c1)c1cccc(Cl)c1. The number of benzene rings is 3. The topological polar surface area (TPSA) is 82.9 Å². The fourth-order valence-electron chi connectivity index (χ4n) is 2.46. The molecule has 2 amide bonds. The van der Waals surface area contributed by atoms with Crippen LogP contribution in [-0.4, -0.2) is 24.2 Å². The van der Waals surface area contributed by atoms with Gasteiger partial charge < -0.3 is 0 Å². The normalized spacial score (nSPS) is 11.0.